The van der Waals surface area contributed by atoms with Crippen LogP contribution in [0.5, 0.6) is 0 Å². The Morgan fingerprint density at radius 2 is 1.85 bits per heavy atom. The predicted octanol–water partition coefficient (Wildman–Crippen LogP) is -0.0854. The van der Waals surface area contributed by atoms with Gasteiger partial charge in [0.15, 0.2) is 0 Å². The molecule has 1 fully saturated rings. The number of hydrogen-bond donors (Lipinski definition) is 2. The fraction of sp³-hybridized carbons (Fsp3) is 1.00. The summed E-state index contributed by atoms with van der Waals surface area (Å²) >= 11 is 0. The van der Waals surface area contributed by atoms with Crippen LogP contribution in [0.4, 0.5) is 0 Å². The molecule has 0 aliphatic carbocycles. The van der Waals surface area contributed by atoms with Gasteiger partial charge in [-0.25, -0.2) is 0 Å². The van der Waals surface area contributed by atoms with Crippen LogP contribution in [0.3, 0.4) is 0 Å². The molecule has 0 spiro atoms. The van der Waals surface area contributed by atoms with Gasteiger partial charge in [0.2, 0.25) is 0 Å². The van der Waals surface area contributed by atoms with Crippen LogP contribution in [-0.4, -0.2) is 98.4 Å². The van der Waals surface area contributed by atoms with Crippen molar-refractivity contribution in [2.24, 2.45) is 0 Å². The van der Waals surface area contributed by atoms with E-state index in [1.807, 2.05) is 7.05 Å². The summed E-state index contributed by atoms with van der Waals surface area (Å²) in [5.74, 6) is 0. The second-order valence-electron chi connectivity index (χ2n) is 6.70. The van der Waals surface area contributed by atoms with Crippen molar-refractivity contribution in [3.63, 3.8) is 0 Å². The van der Waals surface area contributed by atoms with Crippen molar-refractivity contribution in [1.82, 2.24) is 20.0 Å². The Labute approximate surface area is 124 Å². The molecule has 0 bridgehead atoms. The maximum absolute atomic E-state index is 9.50. The lowest BCUT2D eigenvalue weighted by Crippen LogP contribution is -2.54. The van der Waals surface area contributed by atoms with Crippen molar-refractivity contribution in [2.45, 2.75) is 31.8 Å². The van der Waals surface area contributed by atoms with Gasteiger partial charge in [0, 0.05) is 50.8 Å². The minimum atomic E-state index is -0.165. The van der Waals surface area contributed by atoms with Crippen molar-refractivity contribution in [3.05, 3.63) is 0 Å². The van der Waals surface area contributed by atoms with Crippen LogP contribution in [0.2, 0.25) is 0 Å². The maximum atomic E-state index is 9.50. The molecule has 1 heterocycles. The van der Waals surface area contributed by atoms with Crippen molar-refractivity contribution >= 4 is 0 Å². The van der Waals surface area contributed by atoms with E-state index in [9.17, 15) is 5.11 Å². The van der Waals surface area contributed by atoms with Crippen molar-refractivity contribution in [3.8, 4) is 0 Å². The summed E-state index contributed by atoms with van der Waals surface area (Å²) in [5.41, 5.74) is -0.165. The molecule has 1 saturated heterocycles. The highest BCUT2D eigenvalue weighted by atomic mass is 16.3. The first kappa shape index (κ1) is 17.9. The number of nitrogens with zero attached hydrogens (tertiary/aromatic N) is 3. The van der Waals surface area contributed by atoms with E-state index < -0.39 is 0 Å². The van der Waals surface area contributed by atoms with E-state index >= 15 is 0 Å². The number of nitrogens with one attached hydrogen (secondary N) is 1. The Kier molecular flexibility index (Phi) is 7.40. The van der Waals surface area contributed by atoms with Crippen LogP contribution in [0.15, 0.2) is 0 Å². The number of rotatable bonds is 8. The van der Waals surface area contributed by atoms with Crippen LogP contribution in [0.1, 0.15) is 20.3 Å². The molecule has 1 aliphatic rings. The standard InChI is InChI=1S/C15H34N4O/c1-14(12-15(2,13-20)16-3)19-10-8-18(9-11-19)7-6-17(4)5/h14,16,20H,6-13H2,1-5H3. The molecule has 1 rings (SSSR count). The molecule has 0 aromatic heterocycles. The van der Waals surface area contributed by atoms with Gasteiger partial charge in [0.05, 0.1) is 6.61 Å². The van der Waals surface area contributed by atoms with Crippen LogP contribution in [0.25, 0.3) is 0 Å². The van der Waals surface area contributed by atoms with Gasteiger partial charge in [-0.05, 0) is 41.4 Å². The van der Waals surface area contributed by atoms with Crippen LogP contribution >= 0.6 is 0 Å². The topological polar surface area (TPSA) is 42.0 Å². The zero-order chi connectivity index (χ0) is 15.2. The molecule has 1 aliphatic heterocycles. The van der Waals surface area contributed by atoms with Crippen molar-refractivity contribution in [2.75, 3.05) is 67.0 Å². The highest BCUT2D eigenvalue weighted by Crippen LogP contribution is 2.17. The zero-order valence-corrected chi connectivity index (χ0v) is 14.0. The molecule has 2 unspecified atom stereocenters. The zero-order valence-electron chi connectivity index (χ0n) is 14.0. The molecule has 0 radical (unpaired) electrons. The van der Waals surface area contributed by atoms with Gasteiger partial charge in [-0.1, -0.05) is 0 Å². The Morgan fingerprint density at radius 1 is 1.25 bits per heavy atom. The largest absolute Gasteiger partial charge is 0.394 e. The first-order valence-corrected chi connectivity index (χ1v) is 7.81. The molecule has 0 amide bonds. The molecular weight excluding hydrogens is 252 g/mol. The van der Waals surface area contributed by atoms with Crippen LogP contribution in [0, 0.1) is 0 Å². The number of piperazine rings is 1. The molecule has 5 heteroatoms. The third-order valence-corrected chi connectivity index (χ3v) is 4.59. The number of likely N-dealkylation sites (N-methyl/N-ethyl adjacent to an activating group) is 2. The number of hydrogen-bond acceptors (Lipinski definition) is 5. The van der Waals surface area contributed by atoms with Crippen LogP contribution < -0.4 is 5.32 Å². The number of aliphatic hydroxyl groups excluding tert-OH is 1. The summed E-state index contributed by atoms with van der Waals surface area (Å²) in [6, 6.07) is 0.510. The highest BCUT2D eigenvalue weighted by molar-refractivity contribution is 4.87. The molecule has 5 nitrogen and oxygen atoms in total. The molecule has 20 heavy (non-hydrogen) atoms. The average Bonchev–Trinajstić information content (AvgIpc) is 2.45. The van der Waals surface area contributed by atoms with Crippen LogP contribution in [-0.2, 0) is 0 Å². The van der Waals surface area contributed by atoms with E-state index in [1.54, 1.807) is 0 Å². The lowest BCUT2D eigenvalue weighted by atomic mass is 9.93. The van der Waals surface area contributed by atoms with Gasteiger partial charge in [-0.15, -0.1) is 0 Å². The monoisotopic (exact) mass is 286 g/mol. The van der Waals surface area contributed by atoms with E-state index in [0.717, 1.165) is 39.1 Å². The lowest BCUT2D eigenvalue weighted by Gasteiger charge is -2.41. The van der Waals surface area contributed by atoms with Gasteiger partial charge in [-0.2, -0.15) is 0 Å². The first-order chi connectivity index (χ1) is 9.40. The van der Waals surface area contributed by atoms with Gasteiger partial charge in [0.25, 0.3) is 0 Å². The molecule has 0 saturated carbocycles. The Balaban J connectivity index is 2.33. The summed E-state index contributed by atoms with van der Waals surface area (Å²) in [6.45, 7) is 11.5. The van der Waals surface area contributed by atoms with E-state index in [2.05, 4.69) is 48.0 Å². The molecule has 2 atom stereocenters. The predicted molar refractivity (Wildman–Crippen MR) is 85.2 cm³/mol. The minimum Gasteiger partial charge on any atom is -0.394 e. The van der Waals surface area contributed by atoms with E-state index in [0.29, 0.717) is 6.04 Å². The average molecular weight is 286 g/mol. The quantitative estimate of drug-likeness (QED) is 0.653. The van der Waals surface area contributed by atoms with Crippen molar-refractivity contribution < 1.29 is 5.11 Å². The number of aliphatic hydroxyl groups is 1. The Hall–Kier alpha value is -0.200. The highest BCUT2D eigenvalue weighted by Gasteiger charge is 2.28. The van der Waals surface area contributed by atoms with E-state index in [1.165, 1.54) is 6.54 Å². The summed E-state index contributed by atoms with van der Waals surface area (Å²) in [5, 5.41) is 12.7. The molecule has 0 aromatic rings. The summed E-state index contributed by atoms with van der Waals surface area (Å²) in [6.07, 6.45) is 0.984. The third-order valence-electron chi connectivity index (χ3n) is 4.59. The molecular formula is C15H34N4O. The summed E-state index contributed by atoms with van der Waals surface area (Å²) < 4.78 is 0. The minimum absolute atomic E-state index is 0.165. The third kappa shape index (κ3) is 5.66. The molecule has 120 valence electrons. The van der Waals surface area contributed by atoms with E-state index in [-0.39, 0.29) is 12.1 Å². The van der Waals surface area contributed by atoms with Gasteiger partial charge < -0.3 is 15.3 Å². The second-order valence-corrected chi connectivity index (χ2v) is 6.70. The van der Waals surface area contributed by atoms with Crippen molar-refractivity contribution in [1.29, 1.82) is 0 Å². The normalized spacial score (nSPS) is 22.9. The lowest BCUT2D eigenvalue weighted by molar-refractivity contribution is 0.0711. The summed E-state index contributed by atoms with van der Waals surface area (Å²) in [7, 11) is 6.19. The van der Waals surface area contributed by atoms with Gasteiger partial charge in [-0.3, -0.25) is 9.80 Å². The smallest absolute Gasteiger partial charge is 0.0611 e. The Morgan fingerprint density at radius 3 is 2.30 bits per heavy atom. The maximum Gasteiger partial charge on any atom is 0.0611 e. The SMILES string of the molecule is CNC(C)(CO)CC(C)N1CCN(CCN(C)C)CC1. The van der Waals surface area contributed by atoms with Gasteiger partial charge >= 0.3 is 0 Å². The second kappa shape index (κ2) is 8.29. The van der Waals surface area contributed by atoms with Gasteiger partial charge in [0.1, 0.15) is 0 Å². The fourth-order valence-electron chi connectivity index (χ4n) is 2.80. The first-order valence-electron chi connectivity index (χ1n) is 7.81. The fourth-order valence-corrected chi connectivity index (χ4v) is 2.80. The summed E-state index contributed by atoms with van der Waals surface area (Å²) in [4.78, 5) is 7.35. The molecule has 0 aromatic carbocycles. The molecule has 2 N–H and O–H groups in total. The van der Waals surface area contributed by atoms with E-state index in [4.69, 9.17) is 0 Å². The Bertz CT molecular complexity index is 261.